The molecular formula is C15H20N2O4S. The van der Waals surface area contributed by atoms with E-state index < -0.39 is 0 Å². The van der Waals surface area contributed by atoms with Crippen molar-refractivity contribution in [2.24, 2.45) is 0 Å². The van der Waals surface area contributed by atoms with E-state index in [1.54, 1.807) is 18.2 Å². The van der Waals surface area contributed by atoms with E-state index in [4.69, 9.17) is 26.4 Å². The van der Waals surface area contributed by atoms with Gasteiger partial charge in [-0.2, -0.15) is 0 Å². The van der Waals surface area contributed by atoms with Crippen molar-refractivity contribution in [2.75, 3.05) is 27.4 Å². The van der Waals surface area contributed by atoms with Gasteiger partial charge in [0.05, 0.1) is 20.3 Å². The number of ether oxygens (including phenoxy) is 3. The molecule has 1 amide bonds. The van der Waals surface area contributed by atoms with E-state index in [2.05, 4.69) is 10.6 Å². The standard InChI is InChI=1S/C15H20N2O4S/c1-19-12-6-10(7-13(8-12)20-2)14(18)17-15(22)16-9-11-4-3-5-21-11/h6-8,11H,3-5,9H2,1-2H3,(H2,16,17,18,22). The number of amides is 1. The minimum Gasteiger partial charge on any atom is -0.497 e. The number of nitrogens with one attached hydrogen (secondary N) is 2. The Morgan fingerprint density at radius 3 is 2.55 bits per heavy atom. The number of carbonyl (C=O) groups excluding carboxylic acids is 1. The Morgan fingerprint density at radius 1 is 1.32 bits per heavy atom. The van der Waals surface area contributed by atoms with Crippen LogP contribution in [0.2, 0.25) is 0 Å². The molecule has 0 aliphatic carbocycles. The van der Waals surface area contributed by atoms with Crippen LogP contribution in [0.3, 0.4) is 0 Å². The topological polar surface area (TPSA) is 68.8 Å². The van der Waals surface area contributed by atoms with Crippen LogP contribution in [0.5, 0.6) is 11.5 Å². The molecule has 6 nitrogen and oxygen atoms in total. The number of benzene rings is 1. The fourth-order valence-electron chi connectivity index (χ4n) is 2.17. The van der Waals surface area contributed by atoms with Crippen LogP contribution in [0.4, 0.5) is 0 Å². The Bertz CT molecular complexity index is 522. The molecule has 1 saturated heterocycles. The molecule has 0 radical (unpaired) electrons. The van der Waals surface area contributed by atoms with Gasteiger partial charge in [-0.05, 0) is 37.2 Å². The van der Waals surface area contributed by atoms with Crippen LogP contribution in [0.25, 0.3) is 0 Å². The zero-order valence-corrected chi connectivity index (χ0v) is 13.5. The molecule has 0 bridgehead atoms. The van der Waals surface area contributed by atoms with Crippen LogP contribution in [-0.4, -0.2) is 44.5 Å². The molecule has 0 saturated carbocycles. The van der Waals surface area contributed by atoms with E-state index in [1.165, 1.54) is 14.2 Å². The van der Waals surface area contributed by atoms with Gasteiger partial charge in [-0.3, -0.25) is 10.1 Å². The quantitative estimate of drug-likeness (QED) is 0.800. The number of hydrogen-bond acceptors (Lipinski definition) is 5. The van der Waals surface area contributed by atoms with Gasteiger partial charge in [-0.15, -0.1) is 0 Å². The minimum atomic E-state index is -0.318. The third-order valence-corrected chi connectivity index (χ3v) is 3.60. The summed E-state index contributed by atoms with van der Waals surface area (Å²) in [5.41, 5.74) is 0.414. The average Bonchev–Trinajstić information content (AvgIpc) is 3.05. The first-order valence-corrected chi connectivity index (χ1v) is 7.47. The molecule has 2 rings (SSSR count). The third-order valence-electron chi connectivity index (χ3n) is 3.35. The molecule has 22 heavy (non-hydrogen) atoms. The number of carbonyl (C=O) groups is 1. The predicted molar refractivity (Wildman–Crippen MR) is 86.6 cm³/mol. The average molecular weight is 324 g/mol. The van der Waals surface area contributed by atoms with Gasteiger partial charge in [-0.1, -0.05) is 0 Å². The van der Waals surface area contributed by atoms with Crippen molar-refractivity contribution in [1.29, 1.82) is 0 Å². The first-order valence-electron chi connectivity index (χ1n) is 7.06. The second-order valence-electron chi connectivity index (χ2n) is 4.90. The highest BCUT2D eigenvalue weighted by Crippen LogP contribution is 2.22. The Balaban J connectivity index is 1.91. The van der Waals surface area contributed by atoms with Gasteiger partial charge in [-0.25, -0.2) is 0 Å². The molecule has 7 heteroatoms. The van der Waals surface area contributed by atoms with Crippen molar-refractivity contribution < 1.29 is 19.0 Å². The highest BCUT2D eigenvalue weighted by Gasteiger charge is 2.16. The molecule has 1 aliphatic heterocycles. The van der Waals surface area contributed by atoms with E-state index in [1.807, 2.05) is 0 Å². The molecule has 1 atom stereocenters. The van der Waals surface area contributed by atoms with Crippen LogP contribution < -0.4 is 20.1 Å². The lowest BCUT2D eigenvalue weighted by Gasteiger charge is -2.14. The number of hydrogen-bond donors (Lipinski definition) is 2. The van der Waals surface area contributed by atoms with Gasteiger partial charge in [0.2, 0.25) is 0 Å². The van der Waals surface area contributed by atoms with Gasteiger partial charge < -0.3 is 19.5 Å². The zero-order valence-electron chi connectivity index (χ0n) is 12.7. The summed E-state index contributed by atoms with van der Waals surface area (Å²) in [6.45, 7) is 1.38. The van der Waals surface area contributed by atoms with Crippen LogP contribution in [0.15, 0.2) is 18.2 Å². The van der Waals surface area contributed by atoms with Crippen LogP contribution in [0, 0.1) is 0 Å². The third kappa shape index (κ3) is 4.57. The van der Waals surface area contributed by atoms with Crippen molar-refractivity contribution in [2.45, 2.75) is 18.9 Å². The molecular weight excluding hydrogens is 304 g/mol. The maximum Gasteiger partial charge on any atom is 0.257 e. The van der Waals surface area contributed by atoms with E-state index in [-0.39, 0.29) is 17.1 Å². The molecule has 0 aromatic heterocycles. The number of thiocarbonyl (C=S) groups is 1. The van der Waals surface area contributed by atoms with E-state index in [0.29, 0.717) is 23.6 Å². The van der Waals surface area contributed by atoms with E-state index in [9.17, 15) is 4.79 Å². The molecule has 1 fully saturated rings. The van der Waals surface area contributed by atoms with E-state index in [0.717, 1.165) is 19.4 Å². The fourth-order valence-corrected chi connectivity index (χ4v) is 2.35. The van der Waals surface area contributed by atoms with Crippen LogP contribution >= 0.6 is 12.2 Å². The molecule has 1 aromatic carbocycles. The van der Waals surface area contributed by atoms with Gasteiger partial charge in [0.1, 0.15) is 11.5 Å². The number of rotatable bonds is 5. The van der Waals surface area contributed by atoms with Gasteiger partial charge in [0.25, 0.3) is 5.91 Å². The van der Waals surface area contributed by atoms with Gasteiger partial charge >= 0.3 is 0 Å². The maximum absolute atomic E-state index is 12.2. The highest BCUT2D eigenvalue weighted by atomic mass is 32.1. The largest absolute Gasteiger partial charge is 0.497 e. The first-order chi connectivity index (χ1) is 10.6. The second-order valence-corrected chi connectivity index (χ2v) is 5.31. The first kappa shape index (κ1) is 16.5. The van der Waals surface area contributed by atoms with Crippen molar-refractivity contribution in [3.05, 3.63) is 23.8 Å². The normalized spacial score (nSPS) is 16.9. The molecule has 2 N–H and O–H groups in total. The van der Waals surface area contributed by atoms with Crippen LogP contribution in [-0.2, 0) is 4.74 Å². The second kappa shape index (κ2) is 7.95. The number of methoxy groups -OCH3 is 2. The van der Waals surface area contributed by atoms with Gasteiger partial charge in [0.15, 0.2) is 5.11 Å². The maximum atomic E-state index is 12.2. The lowest BCUT2D eigenvalue weighted by atomic mass is 10.2. The summed E-state index contributed by atoms with van der Waals surface area (Å²) in [4.78, 5) is 12.2. The summed E-state index contributed by atoms with van der Waals surface area (Å²) >= 11 is 5.13. The molecule has 1 aromatic rings. The molecule has 1 unspecified atom stereocenters. The molecule has 0 spiro atoms. The summed E-state index contributed by atoms with van der Waals surface area (Å²) < 4.78 is 15.8. The van der Waals surface area contributed by atoms with Crippen molar-refractivity contribution in [3.8, 4) is 11.5 Å². The van der Waals surface area contributed by atoms with Crippen molar-refractivity contribution >= 4 is 23.2 Å². The lowest BCUT2D eigenvalue weighted by Crippen LogP contribution is -2.42. The SMILES string of the molecule is COc1cc(OC)cc(C(=O)NC(=S)NCC2CCCO2)c1. The Labute approximate surface area is 135 Å². The summed E-state index contributed by atoms with van der Waals surface area (Å²) in [6.07, 6.45) is 2.23. The summed E-state index contributed by atoms with van der Waals surface area (Å²) in [5, 5.41) is 5.91. The molecule has 120 valence electrons. The van der Waals surface area contributed by atoms with Crippen molar-refractivity contribution in [3.63, 3.8) is 0 Å². The molecule has 1 heterocycles. The van der Waals surface area contributed by atoms with Crippen LogP contribution in [0.1, 0.15) is 23.2 Å². The summed E-state index contributed by atoms with van der Waals surface area (Å²) in [5.74, 6) is 0.771. The fraction of sp³-hybridized carbons (Fsp3) is 0.467. The highest BCUT2D eigenvalue weighted by molar-refractivity contribution is 7.80. The minimum absolute atomic E-state index is 0.159. The predicted octanol–water partition coefficient (Wildman–Crippen LogP) is 1.49. The molecule has 1 aliphatic rings. The summed E-state index contributed by atoms with van der Waals surface area (Å²) in [6, 6.07) is 4.95. The Kier molecular flexibility index (Phi) is 5.97. The van der Waals surface area contributed by atoms with Gasteiger partial charge in [0, 0.05) is 24.8 Å². The van der Waals surface area contributed by atoms with Crippen molar-refractivity contribution in [1.82, 2.24) is 10.6 Å². The zero-order chi connectivity index (χ0) is 15.9. The Hall–Kier alpha value is -1.86. The monoisotopic (exact) mass is 324 g/mol. The smallest absolute Gasteiger partial charge is 0.257 e. The summed E-state index contributed by atoms with van der Waals surface area (Å²) in [7, 11) is 3.06. The Morgan fingerprint density at radius 2 is 2.00 bits per heavy atom. The van der Waals surface area contributed by atoms with E-state index >= 15 is 0 Å². The lowest BCUT2D eigenvalue weighted by molar-refractivity contribution is 0.0972.